The molecule has 1 amide bonds. The monoisotopic (exact) mass is 358 g/mol. The van der Waals surface area contributed by atoms with E-state index < -0.39 is 16.1 Å². The summed E-state index contributed by atoms with van der Waals surface area (Å²) in [5, 5.41) is 5.67. The van der Waals surface area contributed by atoms with Crippen LogP contribution in [-0.2, 0) is 21.4 Å². The zero-order chi connectivity index (χ0) is 16.8. The van der Waals surface area contributed by atoms with Crippen molar-refractivity contribution in [3.63, 3.8) is 0 Å². The molecular weight excluding hydrogens is 336 g/mol. The Morgan fingerprint density at radius 1 is 1.48 bits per heavy atom. The summed E-state index contributed by atoms with van der Waals surface area (Å²) in [5.41, 5.74) is 1.03. The minimum atomic E-state index is -3.42. The Morgan fingerprint density at radius 2 is 2.22 bits per heavy atom. The largest absolute Gasteiger partial charge is 0.358 e. The van der Waals surface area contributed by atoms with Gasteiger partial charge in [-0.3, -0.25) is 9.69 Å². The summed E-state index contributed by atoms with van der Waals surface area (Å²) in [6.45, 7) is 4.17. The molecule has 1 aromatic rings. The van der Waals surface area contributed by atoms with Crippen molar-refractivity contribution < 1.29 is 13.2 Å². The Kier molecular flexibility index (Phi) is 4.47. The van der Waals surface area contributed by atoms with Gasteiger partial charge in [-0.2, -0.15) is 4.31 Å². The first-order valence-corrected chi connectivity index (χ1v) is 10.4. The summed E-state index contributed by atoms with van der Waals surface area (Å²) >= 11 is 1.62. The quantitative estimate of drug-likeness (QED) is 0.821. The smallest absolute Gasteiger partial charge is 0.238 e. The Balaban J connectivity index is 1.75. The Labute approximate surface area is 140 Å². The van der Waals surface area contributed by atoms with E-state index in [9.17, 15) is 13.2 Å². The molecule has 3 rings (SSSR count). The molecule has 0 spiro atoms. The molecule has 1 aromatic heterocycles. The number of aryl methyl sites for hydroxylation is 1. The minimum Gasteiger partial charge on any atom is -0.358 e. The van der Waals surface area contributed by atoms with Gasteiger partial charge in [0.15, 0.2) is 0 Å². The van der Waals surface area contributed by atoms with Crippen LogP contribution >= 0.6 is 11.3 Å². The molecule has 0 aromatic carbocycles. The number of nitrogens with zero attached hydrogens (tertiary/aromatic N) is 3. The molecule has 0 radical (unpaired) electrons. The van der Waals surface area contributed by atoms with Crippen LogP contribution in [-0.4, -0.2) is 67.0 Å². The van der Waals surface area contributed by atoms with Crippen LogP contribution in [0.5, 0.6) is 0 Å². The van der Waals surface area contributed by atoms with Gasteiger partial charge in [-0.05, 0) is 19.3 Å². The van der Waals surface area contributed by atoms with Crippen molar-refractivity contribution in [2.24, 2.45) is 5.92 Å². The lowest BCUT2D eigenvalue weighted by atomic mass is 10.0. The van der Waals surface area contributed by atoms with Gasteiger partial charge in [-0.15, -0.1) is 11.3 Å². The van der Waals surface area contributed by atoms with Gasteiger partial charge < -0.3 is 5.32 Å². The predicted octanol–water partition coefficient (Wildman–Crippen LogP) is 0.0318. The Hall–Kier alpha value is -1.03. The maximum Gasteiger partial charge on any atom is 0.238 e. The third-order valence-electron chi connectivity index (χ3n) is 4.63. The van der Waals surface area contributed by atoms with Gasteiger partial charge in [0.25, 0.3) is 0 Å². The molecule has 9 heteroatoms. The lowest BCUT2D eigenvalue weighted by Gasteiger charge is -2.27. The molecule has 0 saturated carbocycles. The standard InChI is InChI=1S/C14H22N4O3S2/c1-9-16-11(8-22-9)6-17-5-10-4-12(14(19)15-2)18(13(10)7-17)23(3,20)21/h8,10,12-13H,4-7H2,1-3H3,(H,15,19)/t10-,12-,13+/m1/s1. The third-order valence-corrected chi connectivity index (χ3v) is 6.74. The number of rotatable bonds is 4. The second-order valence-electron chi connectivity index (χ2n) is 6.34. The number of nitrogens with one attached hydrogen (secondary N) is 1. The first-order valence-electron chi connectivity index (χ1n) is 7.63. The van der Waals surface area contributed by atoms with Gasteiger partial charge in [0, 0.05) is 38.1 Å². The van der Waals surface area contributed by atoms with Crippen LogP contribution < -0.4 is 5.32 Å². The van der Waals surface area contributed by atoms with Gasteiger partial charge in [0.05, 0.1) is 17.0 Å². The number of aromatic nitrogens is 1. The molecule has 3 atom stereocenters. The topological polar surface area (TPSA) is 82.6 Å². The van der Waals surface area contributed by atoms with E-state index in [0.29, 0.717) is 13.0 Å². The van der Waals surface area contributed by atoms with Gasteiger partial charge in [-0.25, -0.2) is 13.4 Å². The van der Waals surface area contributed by atoms with Crippen molar-refractivity contribution in [3.8, 4) is 0 Å². The van der Waals surface area contributed by atoms with Crippen molar-refractivity contribution in [3.05, 3.63) is 16.1 Å². The van der Waals surface area contributed by atoms with Crippen LogP contribution in [0.2, 0.25) is 0 Å². The first kappa shape index (κ1) is 16.8. The van der Waals surface area contributed by atoms with Crippen molar-refractivity contribution in [2.45, 2.75) is 32.0 Å². The second kappa shape index (κ2) is 6.12. The molecule has 0 aliphatic carbocycles. The maximum absolute atomic E-state index is 12.2. The predicted molar refractivity (Wildman–Crippen MR) is 88.6 cm³/mol. The fourth-order valence-corrected chi connectivity index (χ4v) is 5.77. The molecule has 3 heterocycles. The maximum atomic E-state index is 12.2. The highest BCUT2D eigenvalue weighted by Crippen LogP contribution is 2.38. The molecule has 2 saturated heterocycles. The number of fused-ring (bicyclic) bond motifs is 1. The van der Waals surface area contributed by atoms with Gasteiger partial charge in [0.1, 0.15) is 6.04 Å². The van der Waals surface area contributed by atoms with Crippen LogP contribution in [0.15, 0.2) is 5.38 Å². The molecule has 2 aliphatic rings. The molecule has 128 valence electrons. The number of sulfonamides is 1. The summed E-state index contributed by atoms with van der Waals surface area (Å²) in [6, 6.07) is -0.694. The van der Waals surface area contributed by atoms with Gasteiger partial charge >= 0.3 is 0 Å². The van der Waals surface area contributed by atoms with E-state index in [1.54, 1.807) is 18.4 Å². The van der Waals surface area contributed by atoms with E-state index >= 15 is 0 Å². The normalized spacial score (nSPS) is 28.9. The van der Waals surface area contributed by atoms with Crippen LogP contribution in [0, 0.1) is 12.8 Å². The summed E-state index contributed by atoms with van der Waals surface area (Å²) in [6.07, 6.45) is 1.78. The van der Waals surface area contributed by atoms with Gasteiger partial charge in [-0.1, -0.05) is 0 Å². The highest BCUT2D eigenvalue weighted by atomic mass is 32.2. The molecule has 7 nitrogen and oxygen atoms in total. The average molecular weight is 358 g/mol. The number of likely N-dealkylation sites (tertiary alicyclic amines) is 1. The zero-order valence-electron chi connectivity index (χ0n) is 13.5. The lowest BCUT2D eigenvalue weighted by molar-refractivity contribution is -0.124. The van der Waals surface area contributed by atoms with Crippen molar-refractivity contribution >= 4 is 27.3 Å². The van der Waals surface area contributed by atoms with E-state index in [0.717, 1.165) is 23.8 Å². The van der Waals surface area contributed by atoms with E-state index in [-0.39, 0.29) is 17.9 Å². The molecule has 0 bridgehead atoms. The molecule has 23 heavy (non-hydrogen) atoms. The van der Waals surface area contributed by atoms with Crippen LogP contribution in [0.3, 0.4) is 0 Å². The fraction of sp³-hybridized carbons (Fsp3) is 0.714. The minimum absolute atomic E-state index is 0.118. The number of hydrogen-bond donors (Lipinski definition) is 1. The molecule has 2 aliphatic heterocycles. The number of amides is 1. The van der Waals surface area contributed by atoms with E-state index in [1.807, 2.05) is 12.3 Å². The molecule has 2 fully saturated rings. The Morgan fingerprint density at radius 3 is 2.78 bits per heavy atom. The van der Waals surface area contributed by atoms with Crippen molar-refractivity contribution in [2.75, 3.05) is 26.4 Å². The van der Waals surface area contributed by atoms with Crippen LogP contribution in [0.25, 0.3) is 0 Å². The van der Waals surface area contributed by atoms with Crippen molar-refractivity contribution in [1.29, 1.82) is 0 Å². The highest BCUT2D eigenvalue weighted by Gasteiger charge is 2.52. The average Bonchev–Trinajstić information content (AvgIpc) is 3.10. The molecule has 1 N–H and O–H groups in total. The molecular formula is C14H22N4O3S2. The van der Waals surface area contributed by atoms with Gasteiger partial charge in [0.2, 0.25) is 15.9 Å². The zero-order valence-corrected chi connectivity index (χ0v) is 15.2. The second-order valence-corrected chi connectivity index (χ2v) is 9.29. The Bertz CT molecular complexity index is 703. The highest BCUT2D eigenvalue weighted by molar-refractivity contribution is 7.88. The van der Waals surface area contributed by atoms with Crippen molar-refractivity contribution in [1.82, 2.24) is 19.5 Å². The SMILES string of the molecule is CNC(=O)[C@H]1C[C@@H]2CN(Cc3csc(C)n3)C[C@@H]2N1S(C)(=O)=O. The number of thiazole rings is 1. The van der Waals surface area contributed by atoms with Crippen LogP contribution in [0.1, 0.15) is 17.1 Å². The van der Waals surface area contributed by atoms with Crippen LogP contribution in [0.4, 0.5) is 0 Å². The van der Waals surface area contributed by atoms with E-state index in [1.165, 1.54) is 10.6 Å². The first-order chi connectivity index (χ1) is 10.8. The summed E-state index contributed by atoms with van der Waals surface area (Å²) < 4.78 is 25.8. The summed E-state index contributed by atoms with van der Waals surface area (Å²) in [7, 11) is -1.87. The lowest BCUT2D eigenvalue weighted by Crippen LogP contribution is -2.49. The fourth-order valence-electron chi connectivity index (χ4n) is 3.79. The molecule has 0 unspecified atom stereocenters. The number of carbonyl (C=O) groups excluding carboxylic acids is 1. The number of likely N-dealkylation sites (N-methyl/N-ethyl adjacent to an activating group) is 1. The van der Waals surface area contributed by atoms with E-state index in [2.05, 4.69) is 15.2 Å². The number of hydrogen-bond acceptors (Lipinski definition) is 6. The summed E-state index contributed by atoms with van der Waals surface area (Å²) in [5.74, 6) is -0.0155. The number of carbonyl (C=O) groups is 1. The summed E-state index contributed by atoms with van der Waals surface area (Å²) in [4.78, 5) is 18.7. The third kappa shape index (κ3) is 3.28. The van der Waals surface area contributed by atoms with E-state index in [4.69, 9.17) is 0 Å².